The summed E-state index contributed by atoms with van der Waals surface area (Å²) in [4.78, 5) is 3.65. The molecule has 120 valence electrons. The van der Waals surface area contributed by atoms with Gasteiger partial charge in [0, 0.05) is 23.1 Å². The molecular formula is C18H20N2O2S. The van der Waals surface area contributed by atoms with Crippen molar-refractivity contribution in [3.8, 4) is 0 Å². The maximum Gasteiger partial charge on any atom is 0.240 e. The molecule has 4 nitrogen and oxygen atoms in total. The van der Waals surface area contributed by atoms with Gasteiger partial charge >= 0.3 is 0 Å². The Balaban J connectivity index is 1.75. The van der Waals surface area contributed by atoms with Gasteiger partial charge in [-0.15, -0.1) is 0 Å². The normalized spacial score (nSPS) is 11.9. The first-order chi connectivity index (χ1) is 11.0. The Morgan fingerprint density at radius 2 is 1.83 bits per heavy atom. The standard InChI is InChI=1S/C18H20N2O2S/c1-13-6-5-7-15(12-13)23(21,22)19-11-10-16-14(2)20-18-9-4-3-8-17(16)18/h3-9,12,19-20H,10-11H2,1-2H3. The van der Waals surface area contributed by atoms with Crippen molar-refractivity contribution in [3.05, 3.63) is 65.4 Å². The average molecular weight is 328 g/mol. The van der Waals surface area contributed by atoms with E-state index in [-0.39, 0.29) is 0 Å². The molecule has 2 aromatic carbocycles. The van der Waals surface area contributed by atoms with Gasteiger partial charge < -0.3 is 4.98 Å². The van der Waals surface area contributed by atoms with Crippen LogP contribution in [0, 0.1) is 13.8 Å². The first-order valence-corrected chi connectivity index (χ1v) is 9.08. The van der Waals surface area contributed by atoms with Gasteiger partial charge in [-0.05, 0) is 49.6 Å². The zero-order valence-electron chi connectivity index (χ0n) is 13.3. The molecule has 3 rings (SSSR count). The summed E-state index contributed by atoms with van der Waals surface area (Å²) in [6.45, 7) is 4.28. The van der Waals surface area contributed by atoms with Crippen LogP contribution in [0.1, 0.15) is 16.8 Å². The third-order valence-corrected chi connectivity index (χ3v) is 5.45. The summed E-state index contributed by atoms with van der Waals surface area (Å²) in [5.41, 5.74) is 4.26. The summed E-state index contributed by atoms with van der Waals surface area (Å²) in [7, 11) is -3.46. The van der Waals surface area contributed by atoms with Crippen LogP contribution >= 0.6 is 0 Å². The lowest BCUT2D eigenvalue weighted by Crippen LogP contribution is -2.26. The van der Waals surface area contributed by atoms with Crippen LogP contribution in [0.4, 0.5) is 0 Å². The van der Waals surface area contributed by atoms with Crippen LogP contribution in [0.3, 0.4) is 0 Å². The number of aromatic amines is 1. The van der Waals surface area contributed by atoms with E-state index in [1.807, 2.05) is 38.1 Å². The fourth-order valence-electron chi connectivity index (χ4n) is 2.83. The quantitative estimate of drug-likeness (QED) is 0.755. The number of rotatable bonds is 5. The van der Waals surface area contributed by atoms with E-state index in [0.717, 1.165) is 27.7 Å². The molecule has 0 atom stereocenters. The molecule has 0 fully saturated rings. The van der Waals surface area contributed by atoms with Gasteiger partial charge in [0.15, 0.2) is 0 Å². The summed E-state index contributed by atoms with van der Waals surface area (Å²) < 4.78 is 27.4. The lowest BCUT2D eigenvalue weighted by Gasteiger charge is -2.08. The molecule has 0 bridgehead atoms. The van der Waals surface area contributed by atoms with Crippen molar-refractivity contribution < 1.29 is 8.42 Å². The predicted molar refractivity (Wildman–Crippen MR) is 93.1 cm³/mol. The van der Waals surface area contributed by atoms with Crippen molar-refractivity contribution in [1.29, 1.82) is 0 Å². The van der Waals surface area contributed by atoms with Gasteiger partial charge in [-0.2, -0.15) is 0 Å². The Morgan fingerprint density at radius 3 is 2.61 bits per heavy atom. The highest BCUT2D eigenvalue weighted by Gasteiger charge is 2.14. The molecule has 0 aliphatic rings. The molecule has 3 aromatic rings. The second-order valence-corrected chi connectivity index (χ2v) is 7.51. The fraction of sp³-hybridized carbons (Fsp3) is 0.222. The van der Waals surface area contributed by atoms with E-state index in [2.05, 4.69) is 15.8 Å². The summed E-state index contributed by atoms with van der Waals surface area (Å²) in [5, 5.41) is 1.15. The minimum atomic E-state index is -3.46. The Bertz CT molecular complexity index is 943. The number of hydrogen-bond acceptors (Lipinski definition) is 2. The Labute approximate surface area is 136 Å². The predicted octanol–water partition coefficient (Wildman–Crippen LogP) is 3.31. The molecule has 0 aliphatic heterocycles. The van der Waals surface area contributed by atoms with Crippen molar-refractivity contribution in [2.45, 2.75) is 25.2 Å². The second kappa shape index (κ2) is 6.18. The topological polar surface area (TPSA) is 62.0 Å². The average Bonchev–Trinajstić information content (AvgIpc) is 2.83. The van der Waals surface area contributed by atoms with Crippen molar-refractivity contribution in [1.82, 2.24) is 9.71 Å². The third-order valence-electron chi connectivity index (χ3n) is 3.99. The first kappa shape index (κ1) is 15.8. The maximum atomic E-state index is 12.3. The summed E-state index contributed by atoms with van der Waals surface area (Å²) >= 11 is 0. The SMILES string of the molecule is Cc1cccc(S(=O)(=O)NCCc2c(C)[nH]c3ccccc23)c1. The van der Waals surface area contributed by atoms with E-state index in [4.69, 9.17) is 0 Å². The Kier molecular flexibility index (Phi) is 4.24. The van der Waals surface area contributed by atoms with Gasteiger partial charge in [0.25, 0.3) is 0 Å². The van der Waals surface area contributed by atoms with Gasteiger partial charge in [-0.1, -0.05) is 30.3 Å². The van der Waals surface area contributed by atoms with Gasteiger partial charge in [-0.3, -0.25) is 0 Å². The molecule has 0 saturated heterocycles. The van der Waals surface area contributed by atoms with Crippen molar-refractivity contribution in [2.75, 3.05) is 6.54 Å². The van der Waals surface area contributed by atoms with Crippen LogP contribution in [-0.4, -0.2) is 19.9 Å². The number of para-hydroxylation sites is 1. The van der Waals surface area contributed by atoms with Gasteiger partial charge in [0.1, 0.15) is 0 Å². The number of aromatic nitrogens is 1. The van der Waals surface area contributed by atoms with Crippen LogP contribution in [0.25, 0.3) is 10.9 Å². The van der Waals surface area contributed by atoms with E-state index >= 15 is 0 Å². The Morgan fingerprint density at radius 1 is 1.04 bits per heavy atom. The minimum Gasteiger partial charge on any atom is -0.358 e. The van der Waals surface area contributed by atoms with Crippen molar-refractivity contribution in [3.63, 3.8) is 0 Å². The zero-order chi connectivity index (χ0) is 16.4. The molecule has 0 aliphatic carbocycles. The number of benzene rings is 2. The van der Waals surface area contributed by atoms with Gasteiger partial charge in [0.05, 0.1) is 4.90 Å². The largest absolute Gasteiger partial charge is 0.358 e. The number of fused-ring (bicyclic) bond motifs is 1. The molecule has 23 heavy (non-hydrogen) atoms. The molecule has 0 saturated carbocycles. The molecule has 0 amide bonds. The number of nitrogens with one attached hydrogen (secondary N) is 2. The lowest BCUT2D eigenvalue weighted by atomic mass is 10.1. The monoisotopic (exact) mass is 328 g/mol. The number of H-pyrrole nitrogens is 1. The number of hydrogen-bond donors (Lipinski definition) is 2. The van der Waals surface area contributed by atoms with E-state index in [9.17, 15) is 8.42 Å². The van der Waals surface area contributed by atoms with Crippen LogP contribution in [0.2, 0.25) is 0 Å². The molecule has 0 unspecified atom stereocenters. The molecule has 2 N–H and O–H groups in total. The molecule has 0 radical (unpaired) electrons. The van der Waals surface area contributed by atoms with Crippen molar-refractivity contribution >= 4 is 20.9 Å². The highest BCUT2D eigenvalue weighted by molar-refractivity contribution is 7.89. The first-order valence-electron chi connectivity index (χ1n) is 7.60. The summed E-state index contributed by atoms with van der Waals surface area (Å²) in [6, 6.07) is 15.0. The van der Waals surface area contributed by atoms with Crippen LogP contribution in [0.15, 0.2) is 53.4 Å². The Hall–Kier alpha value is -2.11. The van der Waals surface area contributed by atoms with E-state index in [1.165, 1.54) is 0 Å². The van der Waals surface area contributed by atoms with Gasteiger partial charge in [0.2, 0.25) is 10.0 Å². The van der Waals surface area contributed by atoms with Crippen molar-refractivity contribution in [2.24, 2.45) is 0 Å². The van der Waals surface area contributed by atoms with Crippen LogP contribution in [-0.2, 0) is 16.4 Å². The number of aryl methyl sites for hydroxylation is 2. The smallest absolute Gasteiger partial charge is 0.240 e. The van der Waals surface area contributed by atoms with E-state index in [1.54, 1.807) is 18.2 Å². The van der Waals surface area contributed by atoms with Crippen LogP contribution < -0.4 is 4.72 Å². The molecule has 5 heteroatoms. The highest BCUT2D eigenvalue weighted by atomic mass is 32.2. The maximum absolute atomic E-state index is 12.3. The summed E-state index contributed by atoms with van der Waals surface area (Å²) in [5.74, 6) is 0. The van der Waals surface area contributed by atoms with Crippen LogP contribution in [0.5, 0.6) is 0 Å². The number of sulfonamides is 1. The summed E-state index contributed by atoms with van der Waals surface area (Å²) in [6.07, 6.45) is 0.654. The fourth-order valence-corrected chi connectivity index (χ4v) is 3.97. The van der Waals surface area contributed by atoms with E-state index in [0.29, 0.717) is 17.9 Å². The highest BCUT2D eigenvalue weighted by Crippen LogP contribution is 2.22. The molecule has 0 spiro atoms. The molecular weight excluding hydrogens is 308 g/mol. The second-order valence-electron chi connectivity index (χ2n) is 5.74. The third kappa shape index (κ3) is 3.30. The minimum absolute atomic E-state index is 0.313. The zero-order valence-corrected chi connectivity index (χ0v) is 14.1. The van der Waals surface area contributed by atoms with Gasteiger partial charge in [-0.25, -0.2) is 13.1 Å². The molecule has 1 heterocycles. The lowest BCUT2D eigenvalue weighted by molar-refractivity contribution is 0.581. The molecule has 1 aromatic heterocycles. The van der Waals surface area contributed by atoms with E-state index < -0.39 is 10.0 Å².